The monoisotopic (exact) mass is 320 g/mol. The van der Waals surface area contributed by atoms with Crippen LogP contribution in [0.25, 0.3) is 0 Å². The third-order valence-electron chi connectivity index (χ3n) is 2.71. The Morgan fingerprint density at radius 1 is 1.40 bits per heavy atom. The zero-order chi connectivity index (χ0) is 15.4. The molecule has 1 heterocycles. The summed E-state index contributed by atoms with van der Waals surface area (Å²) in [5.74, 6) is 0. The van der Waals surface area contributed by atoms with Crippen LogP contribution in [0.1, 0.15) is 31.2 Å². The molecule has 1 aromatic heterocycles. The van der Waals surface area contributed by atoms with E-state index in [-0.39, 0.29) is 0 Å². The van der Waals surface area contributed by atoms with Crippen molar-refractivity contribution in [3.05, 3.63) is 16.5 Å². The molecule has 1 aromatic rings. The molecule has 5 nitrogen and oxygen atoms in total. The number of ether oxygens (including phenoxy) is 1. The standard InChI is InChI=1S/C13H24N2O3S2/c1-6-14-8-11-10(2)7-12(19-11)20(16,17)15-13(3,4)9-18-5/h7,14-15H,6,8-9H2,1-5H3. The van der Waals surface area contributed by atoms with Crippen LogP contribution in [0.2, 0.25) is 0 Å². The van der Waals surface area contributed by atoms with Crippen LogP contribution < -0.4 is 10.0 Å². The lowest BCUT2D eigenvalue weighted by Crippen LogP contribution is -2.46. The van der Waals surface area contributed by atoms with E-state index >= 15 is 0 Å². The molecule has 0 saturated carbocycles. The third-order valence-corrected chi connectivity index (χ3v) is 6.12. The normalized spacial score (nSPS) is 12.8. The summed E-state index contributed by atoms with van der Waals surface area (Å²) in [6.45, 7) is 9.43. The van der Waals surface area contributed by atoms with Gasteiger partial charge in [0.15, 0.2) is 0 Å². The minimum Gasteiger partial charge on any atom is -0.383 e. The summed E-state index contributed by atoms with van der Waals surface area (Å²) < 4.78 is 32.8. The molecular weight excluding hydrogens is 296 g/mol. The van der Waals surface area contributed by atoms with E-state index in [1.165, 1.54) is 11.3 Å². The van der Waals surface area contributed by atoms with Crippen LogP contribution in [0.3, 0.4) is 0 Å². The van der Waals surface area contributed by atoms with E-state index in [0.29, 0.717) is 17.4 Å². The molecule has 0 aliphatic heterocycles. The lowest BCUT2D eigenvalue weighted by atomic mass is 10.1. The number of sulfonamides is 1. The minimum absolute atomic E-state index is 0.320. The molecule has 0 atom stereocenters. The van der Waals surface area contributed by atoms with Gasteiger partial charge in [-0.15, -0.1) is 11.3 Å². The molecule has 0 unspecified atom stereocenters. The van der Waals surface area contributed by atoms with Gasteiger partial charge >= 0.3 is 0 Å². The van der Waals surface area contributed by atoms with Crippen molar-refractivity contribution in [1.29, 1.82) is 0 Å². The second-order valence-electron chi connectivity index (χ2n) is 5.37. The molecule has 0 aromatic carbocycles. The molecule has 1 rings (SSSR count). The Kier molecular flexibility index (Phi) is 6.15. The molecule has 0 amide bonds. The van der Waals surface area contributed by atoms with E-state index < -0.39 is 15.6 Å². The molecule has 20 heavy (non-hydrogen) atoms. The molecule has 0 fully saturated rings. The summed E-state index contributed by atoms with van der Waals surface area (Å²) in [7, 11) is -1.95. The van der Waals surface area contributed by atoms with E-state index in [1.54, 1.807) is 27.0 Å². The van der Waals surface area contributed by atoms with Crippen molar-refractivity contribution in [3.8, 4) is 0 Å². The van der Waals surface area contributed by atoms with Gasteiger partial charge in [-0.2, -0.15) is 0 Å². The average molecular weight is 320 g/mol. The number of hydrogen-bond acceptors (Lipinski definition) is 5. The van der Waals surface area contributed by atoms with Crippen molar-refractivity contribution >= 4 is 21.4 Å². The predicted octanol–water partition coefficient (Wildman–Crippen LogP) is 1.87. The summed E-state index contributed by atoms with van der Waals surface area (Å²) >= 11 is 1.31. The smallest absolute Gasteiger partial charge is 0.250 e. The van der Waals surface area contributed by atoms with Crippen LogP contribution in [-0.2, 0) is 21.3 Å². The average Bonchev–Trinajstić information content (AvgIpc) is 2.67. The highest BCUT2D eigenvalue weighted by Crippen LogP contribution is 2.26. The van der Waals surface area contributed by atoms with Gasteiger partial charge in [-0.25, -0.2) is 13.1 Å². The molecule has 7 heteroatoms. The zero-order valence-electron chi connectivity index (χ0n) is 12.7. The fourth-order valence-electron chi connectivity index (χ4n) is 1.84. The van der Waals surface area contributed by atoms with Gasteiger partial charge in [-0.1, -0.05) is 6.92 Å². The molecular formula is C13H24N2O3S2. The Labute approximate surface area is 125 Å². The molecule has 116 valence electrons. The van der Waals surface area contributed by atoms with Gasteiger partial charge in [-0.05, 0) is 38.9 Å². The number of thiophene rings is 1. The van der Waals surface area contributed by atoms with Crippen LogP contribution in [0.15, 0.2) is 10.3 Å². The number of aryl methyl sites for hydroxylation is 1. The highest BCUT2D eigenvalue weighted by Gasteiger charge is 2.27. The van der Waals surface area contributed by atoms with Gasteiger partial charge in [0.05, 0.1) is 12.1 Å². The first-order valence-corrected chi connectivity index (χ1v) is 8.85. The predicted molar refractivity (Wildman–Crippen MR) is 82.7 cm³/mol. The van der Waals surface area contributed by atoms with Gasteiger partial charge in [-0.3, -0.25) is 0 Å². The van der Waals surface area contributed by atoms with E-state index in [2.05, 4.69) is 10.0 Å². The Balaban J connectivity index is 2.93. The SMILES string of the molecule is CCNCc1sc(S(=O)(=O)NC(C)(C)COC)cc1C. The van der Waals surface area contributed by atoms with Gasteiger partial charge in [0, 0.05) is 18.5 Å². The van der Waals surface area contributed by atoms with E-state index in [0.717, 1.165) is 17.0 Å². The first kappa shape index (κ1) is 17.6. The maximum atomic E-state index is 12.4. The Morgan fingerprint density at radius 3 is 2.60 bits per heavy atom. The van der Waals surface area contributed by atoms with Crippen molar-refractivity contribution in [2.24, 2.45) is 0 Å². The third kappa shape index (κ3) is 4.82. The fraction of sp³-hybridized carbons (Fsp3) is 0.692. The van der Waals surface area contributed by atoms with E-state index in [4.69, 9.17) is 4.74 Å². The van der Waals surface area contributed by atoms with Crippen molar-refractivity contribution in [3.63, 3.8) is 0 Å². The maximum Gasteiger partial charge on any atom is 0.250 e. The molecule has 0 saturated heterocycles. The first-order valence-electron chi connectivity index (χ1n) is 6.55. The highest BCUT2D eigenvalue weighted by molar-refractivity contribution is 7.91. The summed E-state index contributed by atoms with van der Waals surface area (Å²) in [5, 5.41) is 3.21. The van der Waals surface area contributed by atoms with Crippen LogP contribution >= 0.6 is 11.3 Å². The molecule has 0 aliphatic rings. The lowest BCUT2D eigenvalue weighted by molar-refractivity contribution is 0.141. The first-order chi connectivity index (χ1) is 9.22. The topological polar surface area (TPSA) is 67.4 Å². The minimum atomic E-state index is -3.51. The fourth-order valence-corrected chi connectivity index (χ4v) is 4.80. The van der Waals surface area contributed by atoms with Crippen LogP contribution in [0, 0.1) is 6.92 Å². The second kappa shape index (κ2) is 7.00. The Hall–Kier alpha value is -0.470. The van der Waals surface area contributed by atoms with Crippen molar-refractivity contribution in [2.45, 2.75) is 44.0 Å². The summed E-state index contributed by atoms with van der Waals surface area (Å²) in [6, 6.07) is 1.72. The summed E-state index contributed by atoms with van der Waals surface area (Å²) in [6.07, 6.45) is 0. The van der Waals surface area contributed by atoms with Crippen molar-refractivity contribution < 1.29 is 13.2 Å². The van der Waals surface area contributed by atoms with Gasteiger partial charge < -0.3 is 10.1 Å². The van der Waals surface area contributed by atoms with Gasteiger partial charge in [0.2, 0.25) is 0 Å². The van der Waals surface area contributed by atoms with E-state index in [1.807, 2.05) is 13.8 Å². The second-order valence-corrected chi connectivity index (χ2v) is 8.42. The lowest BCUT2D eigenvalue weighted by Gasteiger charge is -2.24. The number of methoxy groups -OCH3 is 1. The maximum absolute atomic E-state index is 12.4. The highest BCUT2D eigenvalue weighted by atomic mass is 32.2. The quantitative estimate of drug-likeness (QED) is 0.767. The molecule has 0 aliphatic carbocycles. The van der Waals surface area contributed by atoms with Crippen molar-refractivity contribution in [1.82, 2.24) is 10.0 Å². The number of nitrogens with one attached hydrogen (secondary N) is 2. The molecule has 0 spiro atoms. The number of hydrogen-bond donors (Lipinski definition) is 2. The van der Waals surface area contributed by atoms with Gasteiger partial charge in [0.25, 0.3) is 10.0 Å². The largest absolute Gasteiger partial charge is 0.383 e. The molecule has 0 radical (unpaired) electrons. The Morgan fingerprint density at radius 2 is 2.05 bits per heavy atom. The van der Waals surface area contributed by atoms with Crippen LogP contribution in [0.5, 0.6) is 0 Å². The van der Waals surface area contributed by atoms with Crippen LogP contribution in [-0.4, -0.2) is 34.2 Å². The molecule has 2 N–H and O–H groups in total. The zero-order valence-corrected chi connectivity index (χ0v) is 14.4. The van der Waals surface area contributed by atoms with E-state index in [9.17, 15) is 8.42 Å². The summed E-state index contributed by atoms with van der Waals surface area (Å²) in [4.78, 5) is 1.05. The Bertz CT molecular complexity index is 536. The molecule has 0 bridgehead atoms. The van der Waals surface area contributed by atoms with Crippen LogP contribution in [0.4, 0.5) is 0 Å². The number of rotatable bonds is 8. The van der Waals surface area contributed by atoms with Gasteiger partial charge in [0.1, 0.15) is 4.21 Å². The van der Waals surface area contributed by atoms with Crippen molar-refractivity contribution in [2.75, 3.05) is 20.3 Å². The summed E-state index contributed by atoms with van der Waals surface area (Å²) in [5.41, 5.74) is 0.369.